The van der Waals surface area contributed by atoms with Crippen molar-refractivity contribution in [3.8, 4) is 0 Å². The third kappa shape index (κ3) is 6.73. The second-order valence-electron chi connectivity index (χ2n) is 3.75. The molecular weight excluding hydrogens is 273 g/mol. The van der Waals surface area contributed by atoms with Gasteiger partial charge in [-0.25, -0.2) is 4.39 Å². The van der Waals surface area contributed by atoms with Crippen molar-refractivity contribution in [2.24, 2.45) is 0 Å². The number of halogens is 2. The highest BCUT2D eigenvalue weighted by Crippen LogP contribution is 2.21. The highest BCUT2D eigenvalue weighted by atomic mass is 35.5. The molecule has 0 atom stereocenters. The number of methoxy groups -OCH3 is 1. The Labute approximate surface area is 117 Å². The molecule has 1 aromatic carbocycles. The quantitative estimate of drug-likeness (QED) is 0.673. The van der Waals surface area contributed by atoms with Gasteiger partial charge in [0.25, 0.3) is 0 Å². The molecule has 0 aliphatic carbocycles. The minimum absolute atomic E-state index is 0.109. The van der Waals surface area contributed by atoms with Crippen LogP contribution in [-0.4, -0.2) is 46.7 Å². The van der Waals surface area contributed by atoms with Crippen molar-refractivity contribution < 1.29 is 18.6 Å². The van der Waals surface area contributed by atoms with Crippen LogP contribution in [-0.2, 0) is 14.2 Å². The molecule has 0 radical (unpaired) electrons. The zero-order chi connectivity index (χ0) is 13.9. The number of rotatable bonds is 10. The van der Waals surface area contributed by atoms with Gasteiger partial charge in [0.05, 0.1) is 43.7 Å². The number of anilines is 1. The second-order valence-corrected chi connectivity index (χ2v) is 4.15. The first-order valence-corrected chi connectivity index (χ1v) is 6.46. The van der Waals surface area contributed by atoms with E-state index in [0.717, 1.165) is 0 Å². The fourth-order valence-electron chi connectivity index (χ4n) is 1.36. The van der Waals surface area contributed by atoms with Crippen molar-refractivity contribution in [2.45, 2.75) is 0 Å². The molecule has 0 aliphatic rings. The van der Waals surface area contributed by atoms with E-state index < -0.39 is 5.82 Å². The molecule has 4 nitrogen and oxygen atoms in total. The van der Waals surface area contributed by atoms with E-state index in [9.17, 15) is 4.39 Å². The smallest absolute Gasteiger partial charge is 0.164 e. The Morgan fingerprint density at radius 2 is 1.79 bits per heavy atom. The molecule has 1 aromatic rings. The summed E-state index contributed by atoms with van der Waals surface area (Å²) < 4.78 is 28.9. The summed E-state index contributed by atoms with van der Waals surface area (Å²) in [6.45, 7) is 3.15. The van der Waals surface area contributed by atoms with Gasteiger partial charge in [0.2, 0.25) is 0 Å². The van der Waals surface area contributed by atoms with E-state index in [2.05, 4.69) is 5.32 Å². The van der Waals surface area contributed by atoms with Gasteiger partial charge in [-0.1, -0.05) is 17.7 Å². The predicted molar refractivity (Wildman–Crippen MR) is 73.4 cm³/mol. The van der Waals surface area contributed by atoms with Gasteiger partial charge in [-0.3, -0.25) is 0 Å². The van der Waals surface area contributed by atoms with Crippen LogP contribution < -0.4 is 5.32 Å². The van der Waals surface area contributed by atoms with Crippen molar-refractivity contribution >= 4 is 17.3 Å². The molecule has 1 rings (SSSR count). The molecule has 0 spiro atoms. The average Bonchev–Trinajstić information content (AvgIpc) is 2.41. The van der Waals surface area contributed by atoms with E-state index >= 15 is 0 Å². The van der Waals surface area contributed by atoms with Gasteiger partial charge in [0.15, 0.2) is 5.82 Å². The van der Waals surface area contributed by atoms with Gasteiger partial charge in [-0.15, -0.1) is 0 Å². The maximum atomic E-state index is 13.5. The van der Waals surface area contributed by atoms with Gasteiger partial charge in [0, 0.05) is 13.7 Å². The number of ether oxygens (including phenoxy) is 3. The largest absolute Gasteiger partial charge is 0.382 e. The second kappa shape index (κ2) is 9.97. The first-order chi connectivity index (χ1) is 9.25. The highest BCUT2D eigenvalue weighted by Gasteiger charge is 2.04. The van der Waals surface area contributed by atoms with E-state index in [1.54, 1.807) is 19.2 Å². The molecule has 0 fully saturated rings. The Bertz CT molecular complexity index is 366. The van der Waals surface area contributed by atoms with Crippen molar-refractivity contribution in [3.05, 3.63) is 29.0 Å². The number of benzene rings is 1. The Morgan fingerprint density at radius 1 is 1.11 bits per heavy atom. The summed E-state index contributed by atoms with van der Waals surface area (Å²) in [5.74, 6) is -0.438. The third-order valence-electron chi connectivity index (χ3n) is 2.32. The lowest BCUT2D eigenvalue weighted by Crippen LogP contribution is -2.14. The van der Waals surface area contributed by atoms with Crippen LogP contribution in [0.15, 0.2) is 18.2 Å². The van der Waals surface area contributed by atoms with Crippen LogP contribution in [0.3, 0.4) is 0 Å². The van der Waals surface area contributed by atoms with Gasteiger partial charge >= 0.3 is 0 Å². The summed E-state index contributed by atoms with van der Waals surface area (Å²) in [6, 6.07) is 4.84. The lowest BCUT2D eigenvalue weighted by atomic mass is 10.3. The van der Waals surface area contributed by atoms with Crippen LogP contribution in [0.25, 0.3) is 0 Å². The predicted octanol–water partition coefficient (Wildman–Crippen LogP) is 2.57. The van der Waals surface area contributed by atoms with Crippen molar-refractivity contribution in [1.82, 2.24) is 0 Å². The minimum Gasteiger partial charge on any atom is -0.382 e. The lowest BCUT2D eigenvalue weighted by molar-refractivity contribution is 0.0272. The Kier molecular flexibility index (Phi) is 8.49. The third-order valence-corrected chi connectivity index (χ3v) is 2.61. The maximum Gasteiger partial charge on any atom is 0.164 e. The van der Waals surface area contributed by atoms with Crippen molar-refractivity contribution in [3.63, 3.8) is 0 Å². The van der Waals surface area contributed by atoms with Gasteiger partial charge in [-0.2, -0.15) is 0 Å². The lowest BCUT2D eigenvalue weighted by Gasteiger charge is -2.09. The molecule has 108 valence electrons. The number of nitrogens with one attached hydrogen (secondary N) is 1. The first kappa shape index (κ1) is 16.2. The average molecular weight is 292 g/mol. The molecule has 0 aromatic heterocycles. The summed E-state index contributed by atoms with van der Waals surface area (Å²) >= 11 is 5.66. The summed E-state index contributed by atoms with van der Waals surface area (Å²) in [5.41, 5.74) is 0.382. The van der Waals surface area contributed by atoms with Gasteiger partial charge in [0.1, 0.15) is 0 Å². The SMILES string of the molecule is COCCOCCOCCNc1cccc(Cl)c1F. The summed E-state index contributed by atoms with van der Waals surface area (Å²) in [6.07, 6.45) is 0. The van der Waals surface area contributed by atoms with E-state index in [1.165, 1.54) is 6.07 Å². The fraction of sp³-hybridized carbons (Fsp3) is 0.538. The molecule has 0 heterocycles. The van der Waals surface area contributed by atoms with E-state index in [-0.39, 0.29) is 5.02 Å². The highest BCUT2D eigenvalue weighted by molar-refractivity contribution is 6.31. The summed E-state index contributed by atoms with van der Waals surface area (Å²) in [4.78, 5) is 0. The van der Waals surface area contributed by atoms with Crippen LogP contribution in [0.1, 0.15) is 0 Å². The first-order valence-electron chi connectivity index (χ1n) is 6.08. The van der Waals surface area contributed by atoms with Gasteiger partial charge < -0.3 is 19.5 Å². The van der Waals surface area contributed by atoms with Crippen LogP contribution in [0.2, 0.25) is 5.02 Å². The minimum atomic E-state index is -0.438. The van der Waals surface area contributed by atoms with Crippen molar-refractivity contribution in [2.75, 3.05) is 52.0 Å². The molecular formula is C13H19ClFNO3. The zero-order valence-electron chi connectivity index (χ0n) is 11.0. The normalized spacial score (nSPS) is 10.7. The molecule has 0 bridgehead atoms. The number of hydrogen-bond donors (Lipinski definition) is 1. The Hall–Kier alpha value is -0.880. The van der Waals surface area contributed by atoms with Crippen LogP contribution in [0, 0.1) is 5.82 Å². The molecule has 0 amide bonds. The fourth-order valence-corrected chi connectivity index (χ4v) is 1.54. The van der Waals surface area contributed by atoms with Gasteiger partial charge in [-0.05, 0) is 12.1 Å². The van der Waals surface area contributed by atoms with Crippen LogP contribution >= 0.6 is 11.6 Å². The Morgan fingerprint density at radius 3 is 2.53 bits per heavy atom. The molecule has 6 heteroatoms. The molecule has 0 unspecified atom stereocenters. The monoisotopic (exact) mass is 291 g/mol. The Balaban J connectivity index is 2.03. The number of hydrogen-bond acceptors (Lipinski definition) is 4. The zero-order valence-corrected chi connectivity index (χ0v) is 11.7. The van der Waals surface area contributed by atoms with E-state index in [4.69, 9.17) is 25.8 Å². The maximum absolute atomic E-state index is 13.5. The molecule has 1 N–H and O–H groups in total. The van der Waals surface area contributed by atoms with Crippen LogP contribution in [0.5, 0.6) is 0 Å². The standard InChI is InChI=1S/C13H19ClFNO3/c1-17-7-8-19-10-9-18-6-5-16-12-4-2-3-11(14)13(12)15/h2-4,16H,5-10H2,1H3. The summed E-state index contributed by atoms with van der Waals surface area (Å²) in [5, 5.41) is 3.03. The summed E-state index contributed by atoms with van der Waals surface area (Å²) in [7, 11) is 1.63. The molecule has 19 heavy (non-hydrogen) atoms. The topological polar surface area (TPSA) is 39.7 Å². The van der Waals surface area contributed by atoms with Crippen LogP contribution in [0.4, 0.5) is 10.1 Å². The van der Waals surface area contributed by atoms with E-state index in [1.807, 2.05) is 0 Å². The van der Waals surface area contributed by atoms with E-state index in [0.29, 0.717) is 45.3 Å². The molecule has 0 aliphatic heterocycles. The molecule has 0 saturated heterocycles. The van der Waals surface area contributed by atoms with Crippen molar-refractivity contribution in [1.29, 1.82) is 0 Å². The molecule has 0 saturated carbocycles.